The third-order valence-corrected chi connectivity index (χ3v) is 4.42. The Bertz CT molecular complexity index is 575. The van der Waals surface area contributed by atoms with Crippen LogP contribution in [0.25, 0.3) is 0 Å². The number of nitrogens with one attached hydrogen (secondary N) is 1. The molecule has 1 unspecified atom stereocenters. The molecule has 1 amide bonds. The van der Waals surface area contributed by atoms with E-state index in [0.717, 1.165) is 36.9 Å². The van der Waals surface area contributed by atoms with Crippen LogP contribution in [0, 0.1) is 5.82 Å². The van der Waals surface area contributed by atoms with Gasteiger partial charge in [0.2, 0.25) is 0 Å². The largest absolute Gasteiger partial charge is 0.444 e. The second kappa shape index (κ2) is 8.30. The Morgan fingerprint density at radius 2 is 2.21 bits per heavy atom. The first-order chi connectivity index (χ1) is 11.2. The van der Waals surface area contributed by atoms with Crippen molar-refractivity contribution < 1.29 is 13.9 Å². The van der Waals surface area contributed by atoms with Crippen molar-refractivity contribution >= 4 is 22.0 Å². The minimum absolute atomic E-state index is 0.0842. The SMILES string of the molecule is CC(C)(C)OC(=O)NC1CCCN(CCc2cc(Br)ccc2F)C1. The Balaban J connectivity index is 1.82. The topological polar surface area (TPSA) is 41.6 Å². The van der Waals surface area contributed by atoms with Crippen LogP contribution < -0.4 is 5.32 Å². The molecule has 1 N–H and O–H groups in total. The maximum Gasteiger partial charge on any atom is 0.407 e. The minimum Gasteiger partial charge on any atom is -0.444 e. The molecule has 0 aliphatic carbocycles. The summed E-state index contributed by atoms with van der Waals surface area (Å²) in [6.45, 7) is 8.09. The molecule has 134 valence electrons. The number of hydrogen-bond donors (Lipinski definition) is 1. The Morgan fingerprint density at radius 3 is 2.92 bits per heavy atom. The molecule has 0 saturated carbocycles. The lowest BCUT2D eigenvalue weighted by Crippen LogP contribution is -2.49. The molecule has 1 atom stereocenters. The molecule has 24 heavy (non-hydrogen) atoms. The van der Waals surface area contributed by atoms with Gasteiger partial charge in [0.25, 0.3) is 0 Å². The third kappa shape index (κ3) is 6.40. The van der Waals surface area contributed by atoms with Gasteiger partial charge in [-0.2, -0.15) is 0 Å². The second-order valence-corrected chi connectivity index (χ2v) is 8.19. The van der Waals surface area contributed by atoms with Crippen LogP contribution in [0.15, 0.2) is 22.7 Å². The van der Waals surface area contributed by atoms with Gasteiger partial charge in [-0.25, -0.2) is 9.18 Å². The van der Waals surface area contributed by atoms with E-state index in [2.05, 4.69) is 26.1 Å². The summed E-state index contributed by atoms with van der Waals surface area (Å²) >= 11 is 3.38. The molecule has 6 heteroatoms. The Labute approximate surface area is 151 Å². The monoisotopic (exact) mass is 400 g/mol. The average molecular weight is 401 g/mol. The Morgan fingerprint density at radius 1 is 1.46 bits per heavy atom. The van der Waals surface area contributed by atoms with Crippen molar-refractivity contribution in [2.45, 2.75) is 51.7 Å². The zero-order chi connectivity index (χ0) is 17.7. The van der Waals surface area contributed by atoms with Crippen molar-refractivity contribution in [3.63, 3.8) is 0 Å². The van der Waals surface area contributed by atoms with Crippen LogP contribution in [-0.2, 0) is 11.2 Å². The summed E-state index contributed by atoms with van der Waals surface area (Å²) in [5.41, 5.74) is 0.225. The van der Waals surface area contributed by atoms with E-state index in [1.807, 2.05) is 26.8 Å². The number of benzene rings is 1. The maximum absolute atomic E-state index is 13.8. The van der Waals surface area contributed by atoms with Crippen molar-refractivity contribution in [2.75, 3.05) is 19.6 Å². The highest BCUT2D eigenvalue weighted by atomic mass is 79.9. The van der Waals surface area contributed by atoms with E-state index in [1.54, 1.807) is 6.07 Å². The summed E-state index contributed by atoms with van der Waals surface area (Å²) in [6.07, 6.45) is 2.25. The van der Waals surface area contributed by atoms with Gasteiger partial charge in [0, 0.05) is 23.6 Å². The lowest BCUT2D eigenvalue weighted by molar-refractivity contribution is 0.0472. The average Bonchev–Trinajstić information content (AvgIpc) is 2.46. The van der Waals surface area contributed by atoms with Gasteiger partial charge in [-0.1, -0.05) is 15.9 Å². The molecular weight excluding hydrogens is 375 g/mol. The van der Waals surface area contributed by atoms with E-state index in [1.165, 1.54) is 6.07 Å². The van der Waals surface area contributed by atoms with E-state index >= 15 is 0 Å². The van der Waals surface area contributed by atoms with Crippen LogP contribution in [0.4, 0.5) is 9.18 Å². The molecule has 1 heterocycles. The number of amides is 1. The predicted molar refractivity (Wildman–Crippen MR) is 96.6 cm³/mol. The fourth-order valence-electron chi connectivity index (χ4n) is 2.86. The Kier molecular flexibility index (Phi) is 6.63. The maximum atomic E-state index is 13.8. The standard InChI is InChI=1S/C18H26BrFN2O2/c1-18(2,3)24-17(23)21-15-5-4-9-22(12-15)10-8-13-11-14(19)6-7-16(13)20/h6-7,11,15H,4-5,8-10,12H2,1-3H3,(H,21,23). The smallest absolute Gasteiger partial charge is 0.407 e. The van der Waals surface area contributed by atoms with Crippen molar-refractivity contribution in [2.24, 2.45) is 0 Å². The van der Waals surface area contributed by atoms with Crippen LogP contribution in [-0.4, -0.2) is 42.3 Å². The van der Waals surface area contributed by atoms with Gasteiger partial charge in [0.15, 0.2) is 0 Å². The number of halogens is 2. The molecule has 1 saturated heterocycles. The third-order valence-electron chi connectivity index (χ3n) is 3.93. The highest BCUT2D eigenvalue weighted by Gasteiger charge is 2.24. The summed E-state index contributed by atoms with van der Waals surface area (Å²) in [5.74, 6) is -0.168. The zero-order valence-electron chi connectivity index (χ0n) is 14.6. The molecule has 0 bridgehead atoms. The first-order valence-electron chi connectivity index (χ1n) is 8.39. The zero-order valence-corrected chi connectivity index (χ0v) is 16.2. The van der Waals surface area contributed by atoms with E-state index in [0.29, 0.717) is 12.0 Å². The van der Waals surface area contributed by atoms with Gasteiger partial charge in [-0.05, 0) is 70.3 Å². The molecule has 0 aromatic heterocycles. The van der Waals surface area contributed by atoms with Crippen LogP contribution in [0.5, 0.6) is 0 Å². The first kappa shape index (κ1) is 19.2. The van der Waals surface area contributed by atoms with Crippen molar-refractivity contribution in [1.29, 1.82) is 0 Å². The van der Waals surface area contributed by atoms with Crippen LogP contribution >= 0.6 is 15.9 Å². The van der Waals surface area contributed by atoms with Crippen LogP contribution in [0.1, 0.15) is 39.2 Å². The second-order valence-electron chi connectivity index (χ2n) is 7.27. The molecule has 1 aliphatic rings. The van der Waals surface area contributed by atoms with E-state index < -0.39 is 5.60 Å². The van der Waals surface area contributed by atoms with Crippen molar-refractivity contribution in [3.05, 3.63) is 34.1 Å². The molecule has 1 aromatic carbocycles. The molecule has 4 nitrogen and oxygen atoms in total. The van der Waals surface area contributed by atoms with Crippen LogP contribution in [0.2, 0.25) is 0 Å². The number of hydrogen-bond acceptors (Lipinski definition) is 3. The van der Waals surface area contributed by atoms with Crippen molar-refractivity contribution in [1.82, 2.24) is 10.2 Å². The minimum atomic E-state index is -0.489. The number of piperidine rings is 1. The summed E-state index contributed by atoms with van der Waals surface area (Å²) in [4.78, 5) is 14.2. The fourth-order valence-corrected chi connectivity index (χ4v) is 3.27. The highest BCUT2D eigenvalue weighted by molar-refractivity contribution is 9.10. The van der Waals surface area contributed by atoms with Gasteiger partial charge >= 0.3 is 6.09 Å². The van der Waals surface area contributed by atoms with Gasteiger partial charge in [0.05, 0.1) is 0 Å². The normalized spacial score (nSPS) is 19.1. The molecular formula is C18H26BrFN2O2. The van der Waals surface area contributed by atoms with Gasteiger partial charge in [0.1, 0.15) is 11.4 Å². The van der Waals surface area contributed by atoms with Gasteiger partial charge in [-0.3, -0.25) is 0 Å². The molecule has 1 fully saturated rings. The summed E-state index contributed by atoms with van der Waals surface area (Å²) in [5, 5.41) is 2.94. The lowest BCUT2D eigenvalue weighted by atomic mass is 10.0. The predicted octanol–water partition coefficient (Wildman–Crippen LogP) is 4.12. The molecule has 2 rings (SSSR count). The van der Waals surface area contributed by atoms with E-state index in [-0.39, 0.29) is 18.0 Å². The van der Waals surface area contributed by atoms with E-state index in [9.17, 15) is 9.18 Å². The Hall–Kier alpha value is -1.14. The summed E-state index contributed by atoms with van der Waals surface area (Å²) < 4.78 is 20.0. The number of carbonyl (C=O) groups excluding carboxylic acids is 1. The quantitative estimate of drug-likeness (QED) is 0.826. The van der Waals surface area contributed by atoms with Gasteiger partial charge in [-0.15, -0.1) is 0 Å². The number of nitrogens with zero attached hydrogens (tertiary/aromatic N) is 1. The number of likely N-dealkylation sites (tertiary alicyclic amines) is 1. The molecule has 0 spiro atoms. The molecule has 1 aliphatic heterocycles. The van der Waals surface area contributed by atoms with Crippen molar-refractivity contribution in [3.8, 4) is 0 Å². The molecule has 1 aromatic rings. The number of alkyl carbamates (subject to hydrolysis) is 1. The lowest BCUT2D eigenvalue weighted by Gasteiger charge is -2.33. The number of ether oxygens (including phenoxy) is 1. The highest BCUT2D eigenvalue weighted by Crippen LogP contribution is 2.18. The summed E-state index contributed by atoms with van der Waals surface area (Å²) in [6, 6.07) is 5.11. The molecule has 0 radical (unpaired) electrons. The van der Waals surface area contributed by atoms with Gasteiger partial charge < -0.3 is 15.0 Å². The summed E-state index contributed by atoms with van der Waals surface area (Å²) in [7, 11) is 0. The first-order valence-corrected chi connectivity index (χ1v) is 9.18. The van der Waals surface area contributed by atoms with Crippen LogP contribution in [0.3, 0.4) is 0 Å². The fraction of sp³-hybridized carbons (Fsp3) is 0.611. The van der Waals surface area contributed by atoms with E-state index in [4.69, 9.17) is 4.74 Å². The number of carbonyl (C=O) groups is 1. The number of rotatable bonds is 4.